The van der Waals surface area contributed by atoms with E-state index in [1.807, 2.05) is 31.2 Å². The molecule has 0 saturated heterocycles. The van der Waals surface area contributed by atoms with Crippen LogP contribution < -0.4 is 11.1 Å². The summed E-state index contributed by atoms with van der Waals surface area (Å²) in [6, 6.07) is 3.81. The van der Waals surface area contributed by atoms with Crippen LogP contribution in [0, 0.1) is 5.92 Å². The van der Waals surface area contributed by atoms with Crippen LogP contribution in [0.2, 0.25) is 0 Å². The van der Waals surface area contributed by atoms with E-state index in [0.29, 0.717) is 28.6 Å². The third-order valence-electron chi connectivity index (χ3n) is 6.51. The topological polar surface area (TPSA) is 92.5 Å². The predicted molar refractivity (Wildman–Crippen MR) is 153 cm³/mol. The SMILES string of the molecule is C=C/C(=C\C(=C/C)C(=C)/C(F)=C(Cc1nc2c(-c3cccnc3)cncc2[nH]1)\C(N)=C/C)NC(=C)C1CC1. The first-order valence-electron chi connectivity index (χ1n) is 12.6. The number of halogens is 1. The molecular formula is C31H33FN6. The molecule has 6 nitrogen and oxygen atoms in total. The number of fused-ring (bicyclic) bond motifs is 1. The van der Waals surface area contributed by atoms with Crippen molar-refractivity contribution >= 4 is 11.0 Å². The van der Waals surface area contributed by atoms with Crippen molar-refractivity contribution in [3.63, 3.8) is 0 Å². The van der Waals surface area contributed by atoms with E-state index < -0.39 is 5.83 Å². The number of hydrogen-bond acceptors (Lipinski definition) is 5. The van der Waals surface area contributed by atoms with Crippen LogP contribution in [0.15, 0.2) is 121 Å². The van der Waals surface area contributed by atoms with Crippen molar-refractivity contribution in [3.05, 3.63) is 126 Å². The number of nitrogens with zero attached hydrogens (tertiary/aromatic N) is 3. The molecule has 4 N–H and O–H groups in total. The summed E-state index contributed by atoms with van der Waals surface area (Å²) in [6.45, 7) is 15.7. The molecule has 4 rings (SSSR count). The van der Waals surface area contributed by atoms with Crippen molar-refractivity contribution in [2.24, 2.45) is 11.7 Å². The maximum absolute atomic E-state index is 16.0. The summed E-state index contributed by atoms with van der Waals surface area (Å²) in [5.41, 5.74) is 12.6. The number of aromatic amines is 1. The summed E-state index contributed by atoms with van der Waals surface area (Å²) in [6.07, 6.45) is 16.3. The second kappa shape index (κ2) is 11.7. The summed E-state index contributed by atoms with van der Waals surface area (Å²) in [5, 5.41) is 3.29. The monoisotopic (exact) mass is 508 g/mol. The van der Waals surface area contributed by atoms with Gasteiger partial charge in [0.05, 0.1) is 17.2 Å². The van der Waals surface area contributed by atoms with Crippen LogP contribution in [0.1, 0.15) is 32.5 Å². The largest absolute Gasteiger partial charge is 0.399 e. The van der Waals surface area contributed by atoms with Gasteiger partial charge in [-0.05, 0) is 56.4 Å². The van der Waals surface area contributed by atoms with Crippen molar-refractivity contribution in [3.8, 4) is 11.1 Å². The molecule has 3 aromatic rings. The molecule has 0 aliphatic heterocycles. The Morgan fingerprint density at radius 1 is 1.18 bits per heavy atom. The Morgan fingerprint density at radius 2 is 1.97 bits per heavy atom. The molecule has 0 spiro atoms. The van der Waals surface area contributed by atoms with E-state index in [9.17, 15) is 0 Å². The normalized spacial score (nSPS) is 15.3. The van der Waals surface area contributed by atoms with Crippen LogP contribution in [0.4, 0.5) is 4.39 Å². The smallest absolute Gasteiger partial charge is 0.136 e. The van der Waals surface area contributed by atoms with Crippen LogP contribution in [-0.4, -0.2) is 19.9 Å². The lowest BCUT2D eigenvalue weighted by Crippen LogP contribution is -2.12. The van der Waals surface area contributed by atoms with E-state index >= 15 is 4.39 Å². The highest BCUT2D eigenvalue weighted by Gasteiger charge is 2.25. The van der Waals surface area contributed by atoms with Gasteiger partial charge in [0, 0.05) is 64.4 Å². The zero-order valence-corrected chi connectivity index (χ0v) is 21.9. The average Bonchev–Trinajstić information content (AvgIpc) is 3.72. The molecule has 7 heteroatoms. The Bertz CT molecular complexity index is 1500. The van der Waals surface area contributed by atoms with Crippen molar-refractivity contribution in [1.82, 2.24) is 25.3 Å². The van der Waals surface area contributed by atoms with Crippen molar-refractivity contribution in [1.29, 1.82) is 0 Å². The number of pyridine rings is 2. The van der Waals surface area contributed by atoms with Gasteiger partial charge in [-0.25, -0.2) is 9.37 Å². The number of allylic oxidation sites excluding steroid dienone is 9. The number of nitrogens with two attached hydrogens (primary N) is 1. The summed E-state index contributed by atoms with van der Waals surface area (Å²) in [4.78, 5) is 16.6. The molecule has 0 radical (unpaired) electrons. The Hall–Kier alpha value is -4.52. The van der Waals surface area contributed by atoms with E-state index in [1.54, 1.807) is 43.9 Å². The van der Waals surface area contributed by atoms with Gasteiger partial charge in [-0.1, -0.05) is 38.0 Å². The summed E-state index contributed by atoms with van der Waals surface area (Å²) in [7, 11) is 0. The van der Waals surface area contributed by atoms with Gasteiger partial charge in [0.1, 0.15) is 11.7 Å². The van der Waals surface area contributed by atoms with Crippen LogP contribution >= 0.6 is 0 Å². The quantitative estimate of drug-likeness (QED) is 0.250. The van der Waals surface area contributed by atoms with Crippen molar-refractivity contribution in [2.75, 3.05) is 0 Å². The number of aromatic nitrogens is 4. The average molecular weight is 509 g/mol. The summed E-state index contributed by atoms with van der Waals surface area (Å²) in [5.74, 6) is 0.541. The first kappa shape index (κ1) is 26.5. The fourth-order valence-corrected chi connectivity index (χ4v) is 4.14. The Morgan fingerprint density at radius 3 is 2.61 bits per heavy atom. The maximum Gasteiger partial charge on any atom is 0.136 e. The molecule has 1 aliphatic carbocycles. The molecule has 1 aliphatic rings. The van der Waals surface area contributed by atoms with Crippen LogP contribution in [0.5, 0.6) is 0 Å². The summed E-state index contributed by atoms with van der Waals surface area (Å²) >= 11 is 0. The minimum Gasteiger partial charge on any atom is -0.399 e. The maximum atomic E-state index is 16.0. The zero-order chi connectivity index (χ0) is 27.2. The fraction of sp³-hybridized carbons (Fsp3) is 0.194. The van der Waals surface area contributed by atoms with Gasteiger partial charge in [0.2, 0.25) is 0 Å². The first-order valence-corrected chi connectivity index (χ1v) is 12.6. The van der Waals surface area contributed by atoms with Gasteiger partial charge in [0.15, 0.2) is 0 Å². The molecule has 3 heterocycles. The molecule has 38 heavy (non-hydrogen) atoms. The molecule has 0 amide bonds. The Balaban J connectivity index is 1.67. The molecule has 1 fully saturated rings. The second-order valence-corrected chi connectivity index (χ2v) is 9.17. The number of rotatable bonds is 11. The first-order chi connectivity index (χ1) is 18.4. The lowest BCUT2D eigenvalue weighted by atomic mass is 9.98. The summed E-state index contributed by atoms with van der Waals surface area (Å²) < 4.78 is 16.0. The van der Waals surface area contributed by atoms with Gasteiger partial charge in [-0.3, -0.25) is 9.97 Å². The molecule has 0 unspecified atom stereocenters. The lowest BCUT2D eigenvalue weighted by Gasteiger charge is -2.14. The van der Waals surface area contributed by atoms with Gasteiger partial charge in [-0.2, -0.15) is 0 Å². The fourth-order valence-electron chi connectivity index (χ4n) is 4.14. The highest BCUT2D eigenvalue weighted by molar-refractivity contribution is 5.90. The second-order valence-electron chi connectivity index (χ2n) is 9.17. The van der Waals surface area contributed by atoms with Gasteiger partial charge >= 0.3 is 0 Å². The molecule has 194 valence electrons. The predicted octanol–water partition coefficient (Wildman–Crippen LogP) is 6.73. The van der Waals surface area contributed by atoms with Gasteiger partial charge in [-0.15, -0.1) is 0 Å². The highest BCUT2D eigenvalue weighted by atomic mass is 19.1. The highest BCUT2D eigenvalue weighted by Crippen LogP contribution is 2.35. The minimum atomic E-state index is -0.500. The molecule has 1 saturated carbocycles. The van der Waals surface area contributed by atoms with E-state index in [0.717, 1.165) is 46.4 Å². The minimum absolute atomic E-state index is 0.147. The van der Waals surface area contributed by atoms with Gasteiger partial charge < -0.3 is 16.0 Å². The standard InChI is InChI=1S/C31H33FN6/c1-6-21(14-24(7-2)36-20(5)22-11-12-22)19(4)30(32)25(27(33)8-3)15-29-37-28-18-35-17-26(31(28)38-29)23-10-9-13-34-16-23/h6-10,13-14,16-18,22,36H,2,4-5,11-12,15,33H2,1,3H3,(H,37,38)/b21-6+,24-14+,27-8+,30-25+. The third kappa shape index (κ3) is 5.89. The van der Waals surface area contributed by atoms with Crippen LogP contribution in [0.3, 0.4) is 0 Å². The van der Waals surface area contributed by atoms with E-state index in [2.05, 4.69) is 40.0 Å². The molecular weight excluding hydrogens is 475 g/mol. The molecule has 3 aromatic heterocycles. The number of H-pyrrole nitrogens is 1. The Labute approximate surface area is 223 Å². The molecule has 0 aromatic carbocycles. The van der Waals surface area contributed by atoms with Crippen molar-refractivity contribution < 1.29 is 4.39 Å². The van der Waals surface area contributed by atoms with E-state index in [1.165, 1.54) is 0 Å². The number of nitrogens with one attached hydrogen (secondary N) is 2. The lowest BCUT2D eigenvalue weighted by molar-refractivity contribution is 0.638. The van der Waals surface area contributed by atoms with Gasteiger partial charge in [0.25, 0.3) is 0 Å². The molecule has 0 bridgehead atoms. The van der Waals surface area contributed by atoms with E-state index in [-0.39, 0.29) is 12.0 Å². The number of hydrogen-bond donors (Lipinski definition) is 3. The van der Waals surface area contributed by atoms with Crippen LogP contribution in [-0.2, 0) is 6.42 Å². The zero-order valence-electron chi connectivity index (χ0n) is 21.9. The van der Waals surface area contributed by atoms with Crippen molar-refractivity contribution in [2.45, 2.75) is 33.1 Å². The third-order valence-corrected chi connectivity index (χ3v) is 6.51. The number of imidazole rings is 1. The molecule has 0 atom stereocenters. The van der Waals surface area contributed by atoms with E-state index in [4.69, 9.17) is 10.7 Å². The Kier molecular flexibility index (Phi) is 8.16. The van der Waals surface area contributed by atoms with Crippen LogP contribution in [0.25, 0.3) is 22.2 Å².